The third-order valence-electron chi connectivity index (χ3n) is 4.17. The smallest absolute Gasteiger partial charge is 0.227 e. The minimum Gasteiger partial charge on any atom is -0.490 e. The number of amides is 1. The maximum atomic E-state index is 12.2. The molecule has 124 valence electrons. The highest BCUT2D eigenvalue weighted by molar-refractivity contribution is 5.93. The van der Waals surface area contributed by atoms with Crippen LogP contribution in [0.4, 0.5) is 11.4 Å². The number of halogens is 2. The maximum Gasteiger partial charge on any atom is 0.227 e. The predicted octanol–water partition coefficient (Wildman–Crippen LogP) is 2.42. The number of nitrogens with one attached hydrogen (secondary N) is 1. The minimum atomic E-state index is 0. The molecule has 3 rings (SSSR count). The monoisotopic (exact) mass is 347 g/mol. The molecule has 7 heteroatoms. The van der Waals surface area contributed by atoms with E-state index in [1.165, 1.54) is 0 Å². The van der Waals surface area contributed by atoms with Gasteiger partial charge >= 0.3 is 0 Å². The first-order chi connectivity index (χ1) is 9.63. The number of hydrogen-bond donors (Lipinski definition) is 2. The topological polar surface area (TPSA) is 67.6 Å². The second kappa shape index (κ2) is 7.90. The third-order valence-corrected chi connectivity index (χ3v) is 4.17. The molecule has 0 aromatic heterocycles. The summed E-state index contributed by atoms with van der Waals surface area (Å²) in [5.41, 5.74) is 7.71. The molecule has 1 aromatic carbocycles. The lowest BCUT2D eigenvalue weighted by Crippen LogP contribution is -2.29. The normalized spacial score (nSPS) is 22.7. The summed E-state index contributed by atoms with van der Waals surface area (Å²) in [6.45, 7) is 1.57. The number of nitrogens with two attached hydrogens (primary N) is 1. The van der Waals surface area contributed by atoms with Crippen molar-refractivity contribution in [2.45, 2.75) is 25.3 Å². The fourth-order valence-electron chi connectivity index (χ4n) is 2.93. The van der Waals surface area contributed by atoms with Crippen LogP contribution < -0.4 is 20.7 Å². The molecule has 0 saturated heterocycles. The Hall–Kier alpha value is -1.17. The second-order valence-corrected chi connectivity index (χ2v) is 5.71. The van der Waals surface area contributed by atoms with Crippen LogP contribution in [0.5, 0.6) is 5.75 Å². The molecule has 1 saturated carbocycles. The number of carbonyl (C=O) groups excluding carboxylic acids is 1. The Labute approximate surface area is 143 Å². The van der Waals surface area contributed by atoms with Crippen LogP contribution in [-0.4, -0.2) is 32.1 Å². The predicted molar refractivity (Wildman–Crippen MR) is 93.6 cm³/mol. The molecule has 1 aromatic rings. The van der Waals surface area contributed by atoms with Crippen molar-refractivity contribution in [3.8, 4) is 5.75 Å². The summed E-state index contributed by atoms with van der Waals surface area (Å²) in [6, 6.07) is 5.96. The van der Waals surface area contributed by atoms with Gasteiger partial charge in [0.1, 0.15) is 12.4 Å². The Bertz CT molecular complexity index is 528. The Morgan fingerprint density at radius 2 is 2.14 bits per heavy atom. The number of hydrogen-bond acceptors (Lipinski definition) is 4. The van der Waals surface area contributed by atoms with E-state index in [0.717, 1.165) is 42.9 Å². The zero-order valence-electron chi connectivity index (χ0n) is 12.6. The van der Waals surface area contributed by atoms with Gasteiger partial charge < -0.3 is 20.7 Å². The van der Waals surface area contributed by atoms with E-state index in [4.69, 9.17) is 10.5 Å². The summed E-state index contributed by atoms with van der Waals surface area (Å²) >= 11 is 0. The molecule has 2 aliphatic rings. The number of ether oxygens (including phenoxy) is 1. The third kappa shape index (κ3) is 3.97. The average molecular weight is 348 g/mol. The summed E-state index contributed by atoms with van der Waals surface area (Å²) in [5.74, 6) is 1.01. The molecule has 0 bridgehead atoms. The van der Waals surface area contributed by atoms with Gasteiger partial charge in [-0.1, -0.05) is 0 Å². The van der Waals surface area contributed by atoms with Crippen molar-refractivity contribution >= 4 is 42.1 Å². The standard InChI is InChI=1S/C15H21N3O2.2ClH/c1-18-6-7-20-14-5-4-12(9-13(14)18)17-15(19)10-2-3-11(16)8-10;;/h4-5,9-11H,2-3,6-8,16H2,1H3,(H,17,19);2*1H. The molecule has 0 radical (unpaired) electrons. The van der Waals surface area contributed by atoms with Crippen LogP contribution in [0.2, 0.25) is 0 Å². The molecular weight excluding hydrogens is 325 g/mol. The van der Waals surface area contributed by atoms with Crippen LogP contribution in [0.3, 0.4) is 0 Å². The van der Waals surface area contributed by atoms with Crippen molar-refractivity contribution in [2.75, 3.05) is 30.4 Å². The lowest BCUT2D eigenvalue weighted by Gasteiger charge is -2.28. The maximum absolute atomic E-state index is 12.2. The molecule has 2 atom stereocenters. The Kier molecular flexibility index (Phi) is 6.78. The molecule has 1 aliphatic heterocycles. The van der Waals surface area contributed by atoms with Crippen LogP contribution in [0.1, 0.15) is 19.3 Å². The first kappa shape index (κ1) is 18.9. The number of likely N-dealkylation sites (N-methyl/N-ethyl adjacent to an activating group) is 1. The van der Waals surface area contributed by atoms with Crippen molar-refractivity contribution in [1.29, 1.82) is 0 Å². The van der Waals surface area contributed by atoms with Crippen molar-refractivity contribution < 1.29 is 9.53 Å². The first-order valence-electron chi connectivity index (χ1n) is 7.18. The van der Waals surface area contributed by atoms with Crippen molar-refractivity contribution in [3.63, 3.8) is 0 Å². The highest BCUT2D eigenvalue weighted by Gasteiger charge is 2.28. The van der Waals surface area contributed by atoms with E-state index in [2.05, 4.69) is 10.2 Å². The quantitative estimate of drug-likeness (QED) is 0.861. The molecule has 0 spiro atoms. The van der Waals surface area contributed by atoms with Crippen LogP contribution in [0.25, 0.3) is 0 Å². The van der Waals surface area contributed by atoms with Gasteiger partial charge in [-0.15, -0.1) is 24.8 Å². The number of fused-ring (bicyclic) bond motifs is 1. The zero-order valence-corrected chi connectivity index (χ0v) is 14.2. The van der Waals surface area contributed by atoms with Crippen molar-refractivity contribution in [2.24, 2.45) is 11.7 Å². The Balaban J connectivity index is 0.00000121. The number of nitrogens with zero attached hydrogens (tertiary/aromatic N) is 1. The van der Waals surface area contributed by atoms with E-state index in [0.29, 0.717) is 6.61 Å². The molecular formula is C15H23Cl2N3O2. The molecule has 3 N–H and O–H groups in total. The van der Waals surface area contributed by atoms with Gasteiger partial charge in [-0.3, -0.25) is 4.79 Å². The second-order valence-electron chi connectivity index (χ2n) is 5.71. The summed E-state index contributed by atoms with van der Waals surface area (Å²) in [5, 5.41) is 3.00. The number of rotatable bonds is 2. The highest BCUT2D eigenvalue weighted by Crippen LogP contribution is 2.33. The van der Waals surface area contributed by atoms with E-state index in [-0.39, 0.29) is 42.7 Å². The van der Waals surface area contributed by atoms with Gasteiger partial charge in [0.15, 0.2) is 0 Å². The summed E-state index contributed by atoms with van der Waals surface area (Å²) in [6.07, 6.45) is 2.62. The summed E-state index contributed by atoms with van der Waals surface area (Å²) in [7, 11) is 2.03. The van der Waals surface area contributed by atoms with Gasteiger partial charge in [-0.2, -0.15) is 0 Å². The SMILES string of the molecule is CN1CCOc2ccc(NC(=O)C3CCC(N)C3)cc21.Cl.Cl. The lowest BCUT2D eigenvalue weighted by atomic mass is 10.1. The molecule has 1 aliphatic carbocycles. The average Bonchev–Trinajstić information content (AvgIpc) is 2.86. The number of carbonyl (C=O) groups is 1. The Morgan fingerprint density at radius 1 is 1.36 bits per heavy atom. The molecule has 2 unspecified atom stereocenters. The molecule has 22 heavy (non-hydrogen) atoms. The zero-order chi connectivity index (χ0) is 14.1. The number of anilines is 2. The van der Waals surface area contributed by atoms with Gasteiger partial charge in [0.2, 0.25) is 5.91 Å². The van der Waals surface area contributed by atoms with Crippen molar-refractivity contribution in [1.82, 2.24) is 0 Å². The van der Waals surface area contributed by atoms with Crippen LogP contribution in [0, 0.1) is 5.92 Å². The molecule has 1 fully saturated rings. The van der Waals surface area contributed by atoms with Gasteiger partial charge in [0.25, 0.3) is 0 Å². The summed E-state index contributed by atoms with van der Waals surface area (Å²) < 4.78 is 5.60. The van der Waals surface area contributed by atoms with E-state index < -0.39 is 0 Å². The van der Waals surface area contributed by atoms with Crippen molar-refractivity contribution in [3.05, 3.63) is 18.2 Å². The fourth-order valence-corrected chi connectivity index (χ4v) is 2.93. The van der Waals surface area contributed by atoms with E-state index in [1.807, 2.05) is 25.2 Å². The Morgan fingerprint density at radius 3 is 2.82 bits per heavy atom. The van der Waals surface area contributed by atoms with E-state index in [1.54, 1.807) is 0 Å². The molecule has 1 heterocycles. The first-order valence-corrected chi connectivity index (χ1v) is 7.18. The minimum absolute atomic E-state index is 0. The lowest BCUT2D eigenvalue weighted by molar-refractivity contribution is -0.119. The number of benzene rings is 1. The van der Waals surface area contributed by atoms with Gasteiger partial charge in [-0.05, 0) is 37.5 Å². The van der Waals surface area contributed by atoms with Gasteiger partial charge in [-0.25, -0.2) is 0 Å². The highest BCUT2D eigenvalue weighted by atomic mass is 35.5. The fraction of sp³-hybridized carbons (Fsp3) is 0.533. The van der Waals surface area contributed by atoms with Crippen LogP contribution >= 0.6 is 24.8 Å². The summed E-state index contributed by atoms with van der Waals surface area (Å²) in [4.78, 5) is 14.3. The van der Waals surface area contributed by atoms with E-state index >= 15 is 0 Å². The van der Waals surface area contributed by atoms with Crippen LogP contribution in [0.15, 0.2) is 18.2 Å². The van der Waals surface area contributed by atoms with Crippen LogP contribution in [-0.2, 0) is 4.79 Å². The van der Waals surface area contributed by atoms with E-state index in [9.17, 15) is 4.79 Å². The largest absolute Gasteiger partial charge is 0.490 e. The molecule has 5 nitrogen and oxygen atoms in total. The van der Waals surface area contributed by atoms with Gasteiger partial charge in [0.05, 0.1) is 12.2 Å². The van der Waals surface area contributed by atoms with Gasteiger partial charge in [0, 0.05) is 24.7 Å². The molecule has 1 amide bonds.